The van der Waals surface area contributed by atoms with E-state index in [4.69, 9.17) is 0 Å². The first-order valence-corrected chi connectivity index (χ1v) is 16.1. The van der Waals surface area contributed by atoms with Crippen molar-refractivity contribution in [3.8, 4) is 11.3 Å². The number of hydrogen-bond donors (Lipinski definition) is 1. The standard InChI is InChI=1S/C30H38N6O3S/c1-19(2)28-25-16-23(22-7-9-34(10-8-22)18-27(37)35-11-13-40(38,39)14-12-35)5-6-26(25)32-29(28)24-15-20(3)30-31-21(4)33-36(30)17-24/h5-6,15-17,19,22,32H,7-14,18H2,1-4H3. The van der Waals surface area contributed by atoms with E-state index in [1.807, 2.05) is 11.4 Å². The highest BCUT2D eigenvalue weighted by molar-refractivity contribution is 7.91. The fraction of sp³-hybridized carbons (Fsp3) is 0.500. The topological polar surface area (TPSA) is 104 Å². The smallest absolute Gasteiger partial charge is 0.236 e. The summed E-state index contributed by atoms with van der Waals surface area (Å²) in [6.07, 6.45) is 4.08. The molecule has 10 heteroatoms. The number of carbonyl (C=O) groups excluding carboxylic acids is 1. The lowest BCUT2D eigenvalue weighted by Crippen LogP contribution is -2.48. The number of benzene rings is 1. The summed E-state index contributed by atoms with van der Waals surface area (Å²) < 4.78 is 25.3. The van der Waals surface area contributed by atoms with Gasteiger partial charge in [-0.15, -0.1) is 0 Å². The number of rotatable bonds is 5. The van der Waals surface area contributed by atoms with Crippen molar-refractivity contribution < 1.29 is 13.2 Å². The molecule has 0 aliphatic carbocycles. The molecule has 9 nitrogen and oxygen atoms in total. The molecule has 1 aromatic carbocycles. The minimum atomic E-state index is -2.99. The van der Waals surface area contributed by atoms with Crippen LogP contribution < -0.4 is 0 Å². The second-order valence-corrected chi connectivity index (χ2v) is 14.1. The largest absolute Gasteiger partial charge is 0.354 e. The van der Waals surface area contributed by atoms with Crippen LogP contribution in [0.3, 0.4) is 0 Å². The molecule has 40 heavy (non-hydrogen) atoms. The quantitative estimate of drug-likeness (QED) is 0.394. The van der Waals surface area contributed by atoms with Crippen molar-refractivity contribution in [2.24, 2.45) is 0 Å². The highest BCUT2D eigenvalue weighted by atomic mass is 32.2. The van der Waals surface area contributed by atoms with E-state index < -0.39 is 9.84 Å². The van der Waals surface area contributed by atoms with Crippen LogP contribution in [0.5, 0.6) is 0 Å². The third-order valence-electron chi connectivity index (χ3n) is 8.57. The first-order valence-electron chi connectivity index (χ1n) is 14.3. The van der Waals surface area contributed by atoms with Gasteiger partial charge >= 0.3 is 0 Å². The van der Waals surface area contributed by atoms with Crippen molar-refractivity contribution >= 4 is 32.3 Å². The summed E-state index contributed by atoms with van der Waals surface area (Å²) >= 11 is 0. The van der Waals surface area contributed by atoms with Crippen molar-refractivity contribution in [1.29, 1.82) is 0 Å². The van der Waals surface area contributed by atoms with Crippen LogP contribution in [-0.4, -0.2) is 87.9 Å². The molecular formula is C30H38N6O3S. The molecule has 3 aromatic heterocycles. The summed E-state index contributed by atoms with van der Waals surface area (Å²) in [5.74, 6) is 1.76. The first kappa shape index (κ1) is 27.0. The lowest BCUT2D eigenvalue weighted by atomic mass is 9.87. The summed E-state index contributed by atoms with van der Waals surface area (Å²) in [6, 6.07) is 9.03. The van der Waals surface area contributed by atoms with Gasteiger partial charge in [0.1, 0.15) is 5.82 Å². The van der Waals surface area contributed by atoms with Crippen molar-refractivity contribution in [3.63, 3.8) is 0 Å². The molecule has 0 radical (unpaired) electrons. The number of aromatic amines is 1. The number of pyridine rings is 1. The van der Waals surface area contributed by atoms with Gasteiger partial charge in [0, 0.05) is 35.8 Å². The first-order chi connectivity index (χ1) is 19.1. The van der Waals surface area contributed by atoms with Crippen LogP contribution in [0.2, 0.25) is 0 Å². The fourth-order valence-electron chi connectivity index (χ4n) is 6.38. The van der Waals surface area contributed by atoms with E-state index in [1.54, 1.807) is 4.90 Å². The van der Waals surface area contributed by atoms with Gasteiger partial charge in [0.15, 0.2) is 15.5 Å². The normalized spacial score (nSPS) is 18.8. The zero-order chi connectivity index (χ0) is 28.2. The molecule has 5 heterocycles. The average Bonchev–Trinajstić information content (AvgIpc) is 3.49. The Morgan fingerprint density at radius 3 is 2.50 bits per heavy atom. The summed E-state index contributed by atoms with van der Waals surface area (Å²) in [7, 11) is -2.99. The molecule has 1 N–H and O–H groups in total. The van der Waals surface area contributed by atoms with Gasteiger partial charge in [-0.2, -0.15) is 5.10 Å². The molecule has 2 aliphatic rings. The van der Waals surface area contributed by atoms with Gasteiger partial charge in [0.25, 0.3) is 0 Å². The van der Waals surface area contributed by atoms with Gasteiger partial charge in [0.2, 0.25) is 5.91 Å². The summed E-state index contributed by atoms with van der Waals surface area (Å²) in [6.45, 7) is 11.2. The third-order valence-corrected chi connectivity index (χ3v) is 10.2. The maximum Gasteiger partial charge on any atom is 0.236 e. The number of aryl methyl sites for hydroxylation is 2. The van der Waals surface area contributed by atoms with Gasteiger partial charge < -0.3 is 9.88 Å². The van der Waals surface area contributed by atoms with E-state index in [0.29, 0.717) is 31.5 Å². The number of fused-ring (bicyclic) bond motifs is 2. The Bertz CT molecular complexity index is 1680. The van der Waals surface area contributed by atoms with E-state index in [9.17, 15) is 13.2 Å². The number of nitrogens with one attached hydrogen (secondary N) is 1. The fourth-order valence-corrected chi connectivity index (χ4v) is 7.58. The van der Waals surface area contributed by atoms with E-state index in [-0.39, 0.29) is 17.4 Å². The number of piperidine rings is 1. The van der Waals surface area contributed by atoms with E-state index in [0.717, 1.165) is 59.7 Å². The van der Waals surface area contributed by atoms with Crippen molar-refractivity contribution in [3.05, 3.63) is 53.0 Å². The molecule has 2 saturated heterocycles. The van der Waals surface area contributed by atoms with Crippen LogP contribution in [0.25, 0.3) is 27.8 Å². The number of H-pyrrole nitrogens is 1. The Labute approximate surface area is 235 Å². The number of carbonyl (C=O) groups is 1. The molecule has 2 fully saturated rings. The Morgan fingerprint density at radius 2 is 1.80 bits per heavy atom. The number of sulfone groups is 1. The van der Waals surface area contributed by atoms with Gasteiger partial charge in [-0.1, -0.05) is 19.9 Å². The Hall–Kier alpha value is -3.24. The zero-order valence-corrected chi connectivity index (χ0v) is 24.6. The maximum absolute atomic E-state index is 12.8. The second-order valence-electron chi connectivity index (χ2n) is 11.8. The summed E-state index contributed by atoms with van der Waals surface area (Å²) in [4.78, 5) is 25.0. The minimum Gasteiger partial charge on any atom is -0.354 e. The number of aromatic nitrogens is 4. The van der Waals surface area contributed by atoms with Gasteiger partial charge in [-0.05, 0) is 86.5 Å². The van der Waals surface area contributed by atoms with E-state index in [2.05, 4.69) is 71.2 Å². The van der Waals surface area contributed by atoms with Crippen LogP contribution in [-0.2, 0) is 14.6 Å². The average molecular weight is 563 g/mol. The molecule has 4 aromatic rings. The monoisotopic (exact) mass is 562 g/mol. The van der Waals surface area contributed by atoms with Crippen LogP contribution in [0.15, 0.2) is 30.5 Å². The van der Waals surface area contributed by atoms with Gasteiger partial charge in [0.05, 0.1) is 23.7 Å². The SMILES string of the molecule is Cc1nc2c(C)cc(-c3[nH]c4ccc(C5CCN(CC(=O)N6CCS(=O)(=O)CC6)CC5)cc4c3C(C)C)cn2n1. The molecule has 0 bridgehead atoms. The highest BCUT2D eigenvalue weighted by Crippen LogP contribution is 2.38. The molecule has 2 aliphatic heterocycles. The van der Waals surface area contributed by atoms with Crippen molar-refractivity contribution in [2.75, 3.05) is 44.2 Å². The van der Waals surface area contributed by atoms with Crippen molar-refractivity contribution in [2.45, 2.75) is 52.4 Å². The summed E-state index contributed by atoms with van der Waals surface area (Å²) in [5.41, 5.74) is 8.05. The summed E-state index contributed by atoms with van der Waals surface area (Å²) in [5, 5.41) is 5.83. The zero-order valence-electron chi connectivity index (χ0n) is 23.8. The lowest BCUT2D eigenvalue weighted by Gasteiger charge is -2.34. The predicted molar refractivity (Wildman–Crippen MR) is 157 cm³/mol. The molecule has 0 spiro atoms. The van der Waals surface area contributed by atoms with Gasteiger partial charge in [-0.25, -0.2) is 17.9 Å². The van der Waals surface area contributed by atoms with Gasteiger partial charge in [-0.3, -0.25) is 9.69 Å². The number of nitrogens with zero attached hydrogens (tertiary/aromatic N) is 5. The molecule has 0 atom stereocenters. The molecule has 212 valence electrons. The number of hydrogen-bond acceptors (Lipinski definition) is 6. The third kappa shape index (κ3) is 5.14. The molecule has 1 amide bonds. The second kappa shape index (κ2) is 10.3. The molecular weight excluding hydrogens is 524 g/mol. The van der Waals surface area contributed by atoms with Crippen molar-refractivity contribution in [1.82, 2.24) is 29.4 Å². The highest BCUT2D eigenvalue weighted by Gasteiger charge is 2.28. The Balaban J connectivity index is 1.20. The maximum atomic E-state index is 12.8. The molecule has 6 rings (SSSR count). The van der Waals surface area contributed by atoms with Crippen LogP contribution >= 0.6 is 0 Å². The minimum absolute atomic E-state index is 0.0469. The van der Waals surface area contributed by atoms with Crippen LogP contribution in [0.4, 0.5) is 0 Å². The van der Waals surface area contributed by atoms with Crippen LogP contribution in [0.1, 0.15) is 61.0 Å². The molecule has 0 saturated carbocycles. The number of likely N-dealkylation sites (tertiary alicyclic amines) is 1. The van der Waals surface area contributed by atoms with E-state index >= 15 is 0 Å². The predicted octanol–water partition coefficient (Wildman–Crippen LogP) is 4.05. The number of amides is 1. The Morgan fingerprint density at radius 1 is 1.07 bits per heavy atom. The Kier molecular flexibility index (Phi) is 6.94. The van der Waals surface area contributed by atoms with Crippen LogP contribution in [0, 0.1) is 13.8 Å². The van der Waals surface area contributed by atoms with E-state index in [1.165, 1.54) is 16.5 Å². The molecule has 0 unspecified atom stereocenters. The lowest BCUT2D eigenvalue weighted by molar-refractivity contribution is -0.132.